The molecule has 14 heteroatoms. The molecule has 0 bridgehead atoms. The average molecular weight is 449 g/mol. The van der Waals surface area contributed by atoms with E-state index in [-0.39, 0.29) is 19.3 Å². The highest BCUT2D eigenvalue weighted by Crippen LogP contribution is 2.05. The van der Waals surface area contributed by atoms with Crippen LogP contribution in [0.1, 0.15) is 25.7 Å². The number of rotatable bonds is 15. The lowest BCUT2D eigenvalue weighted by Gasteiger charge is -2.23. The maximum absolute atomic E-state index is 12.6. The number of primary amides is 2. The molecule has 30 heavy (non-hydrogen) atoms. The van der Waals surface area contributed by atoms with E-state index in [0.29, 0.717) is 5.75 Å². The smallest absolute Gasteiger partial charge is 0.322 e. The maximum atomic E-state index is 12.6. The van der Waals surface area contributed by atoms with Crippen molar-refractivity contribution in [3.05, 3.63) is 0 Å². The van der Waals surface area contributed by atoms with E-state index in [1.807, 2.05) is 0 Å². The van der Waals surface area contributed by atoms with E-state index in [2.05, 4.69) is 16.0 Å². The monoisotopic (exact) mass is 448 g/mol. The lowest BCUT2D eigenvalue weighted by molar-refractivity contribution is -0.138. The van der Waals surface area contributed by atoms with Gasteiger partial charge >= 0.3 is 5.97 Å². The van der Waals surface area contributed by atoms with Gasteiger partial charge in [-0.3, -0.25) is 28.8 Å². The predicted molar refractivity (Wildman–Crippen MR) is 108 cm³/mol. The zero-order valence-corrected chi connectivity index (χ0v) is 17.3. The minimum Gasteiger partial charge on any atom is -0.480 e. The van der Waals surface area contributed by atoms with Crippen molar-refractivity contribution in [1.82, 2.24) is 16.0 Å². The Kier molecular flexibility index (Phi) is 12.8. The summed E-state index contributed by atoms with van der Waals surface area (Å²) in [4.78, 5) is 69.5. The highest BCUT2D eigenvalue weighted by Gasteiger charge is 2.28. The minimum absolute atomic E-state index is 0.170. The van der Waals surface area contributed by atoms with Crippen molar-refractivity contribution in [2.45, 2.75) is 43.8 Å². The Hall–Kier alpha value is -2.87. The van der Waals surface area contributed by atoms with Crippen LogP contribution >= 0.6 is 11.8 Å². The highest BCUT2D eigenvalue weighted by atomic mass is 32.2. The van der Waals surface area contributed by atoms with Gasteiger partial charge in [-0.15, -0.1) is 0 Å². The van der Waals surface area contributed by atoms with Crippen LogP contribution < -0.4 is 33.2 Å². The molecular weight excluding hydrogens is 420 g/mol. The van der Waals surface area contributed by atoms with Crippen LogP contribution in [0.2, 0.25) is 0 Å². The molecule has 3 unspecified atom stereocenters. The number of hydrogen-bond acceptors (Lipinski definition) is 8. The number of amides is 5. The van der Waals surface area contributed by atoms with Gasteiger partial charge < -0.3 is 38.3 Å². The molecule has 0 rings (SSSR count). The number of hydrogen-bond donors (Lipinski definition) is 7. The topological polar surface area (TPSA) is 237 Å². The van der Waals surface area contributed by atoms with Gasteiger partial charge in [0.2, 0.25) is 29.5 Å². The third kappa shape index (κ3) is 11.9. The molecule has 10 N–H and O–H groups in total. The summed E-state index contributed by atoms with van der Waals surface area (Å²) in [6.07, 6.45) is 1.14. The Bertz CT molecular complexity index is 660. The van der Waals surface area contributed by atoms with Gasteiger partial charge in [0.05, 0.1) is 12.5 Å². The van der Waals surface area contributed by atoms with Gasteiger partial charge in [0.15, 0.2) is 0 Å². The van der Waals surface area contributed by atoms with Crippen LogP contribution in [0.4, 0.5) is 0 Å². The first kappa shape index (κ1) is 27.1. The van der Waals surface area contributed by atoms with Gasteiger partial charge in [-0.25, -0.2) is 0 Å². The first-order chi connectivity index (χ1) is 14.0. The standard InChI is InChI=1S/C16H28N6O7S/c1-30-5-4-10(21-14(27)8(17)6-12(19)24)16(29)22-9(2-3-11(18)23)15(28)20-7-13(25)26/h8-10H,2-7,17H2,1H3,(H2,18,23)(H2,19,24)(H,20,28)(H,21,27)(H,22,29)(H,25,26). The van der Waals surface area contributed by atoms with Crippen molar-refractivity contribution >= 4 is 47.3 Å². The van der Waals surface area contributed by atoms with Crippen LogP contribution in [-0.4, -0.2) is 77.3 Å². The average Bonchev–Trinajstić information content (AvgIpc) is 2.65. The Morgan fingerprint density at radius 2 is 1.47 bits per heavy atom. The number of aliphatic carboxylic acids is 1. The van der Waals surface area contributed by atoms with Crippen molar-refractivity contribution in [2.75, 3.05) is 18.6 Å². The Balaban J connectivity index is 5.25. The van der Waals surface area contributed by atoms with Crippen LogP contribution in [0.5, 0.6) is 0 Å². The molecule has 0 heterocycles. The molecule has 0 radical (unpaired) electrons. The fourth-order valence-corrected chi connectivity index (χ4v) is 2.68. The second kappa shape index (κ2) is 14.2. The third-order valence-corrected chi connectivity index (χ3v) is 4.37. The van der Waals surface area contributed by atoms with Crippen molar-refractivity contribution in [1.29, 1.82) is 0 Å². The molecule has 0 saturated heterocycles. The molecule has 0 aromatic carbocycles. The van der Waals surface area contributed by atoms with E-state index >= 15 is 0 Å². The normalized spacial score (nSPS) is 13.4. The summed E-state index contributed by atoms with van der Waals surface area (Å²) in [5.74, 6) is -4.68. The summed E-state index contributed by atoms with van der Waals surface area (Å²) >= 11 is 1.40. The lowest BCUT2D eigenvalue weighted by Crippen LogP contribution is -2.56. The lowest BCUT2D eigenvalue weighted by atomic mass is 10.1. The summed E-state index contributed by atoms with van der Waals surface area (Å²) in [7, 11) is 0. The maximum Gasteiger partial charge on any atom is 0.322 e. The van der Waals surface area contributed by atoms with Gasteiger partial charge in [0.1, 0.15) is 18.6 Å². The van der Waals surface area contributed by atoms with Crippen LogP contribution in [0, 0.1) is 0 Å². The number of carbonyl (C=O) groups excluding carboxylic acids is 5. The van der Waals surface area contributed by atoms with E-state index in [9.17, 15) is 28.8 Å². The van der Waals surface area contributed by atoms with E-state index in [1.165, 1.54) is 11.8 Å². The Morgan fingerprint density at radius 3 is 1.97 bits per heavy atom. The largest absolute Gasteiger partial charge is 0.480 e. The molecular formula is C16H28N6O7S. The summed E-state index contributed by atoms with van der Waals surface area (Å²) in [5.41, 5.74) is 15.6. The third-order valence-electron chi connectivity index (χ3n) is 3.73. The Labute approximate surface area is 177 Å². The van der Waals surface area contributed by atoms with Crippen molar-refractivity contribution in [3.8, 4) is 0 Å². The first-order valence-corrected chi connectivity index (χ1v) is 10.3. The van der Waals surface area contributed by atoms with Gasteiger partial charge in [-0.05, 0) is 24.9 Å². The summed E-state index contributed by atoms with van der Waals surface area (Å²) in [6, 6.07) is -3.60. The van der Waals surface area contributed by atoms with Crippen molar-refractivity contribution in [2.24, 2.45) is 17.2 Å². The van der Waals surface area contributed by atoms with E-state index in [0.717, 1.165) is 0 Å². The number of carboxylic acids is 1. The van der Waals surface area contributed by atoms with E-state index in [4.69, 9.17) is 22.3 Å². The molecule has 0 aliphatic heterocycles. The second-order valence-corrected chi connectivity index (χ2v) is 7.28. The highest BCUT2D eigenvalue weighted by molar-refractivity contribution is 7.98. The molecule has 170 valence electrons. The van der Waals surface area contributed by atoms with Crippen LogP contribution in [-0.2, 0) is 28.8 Å². The molecule has 0 aromatic heterocycles. The van der Waals surface area contributed by atoms with Crippen molar-refractivity contribution in [3.63, 3.8) is 0 Å². The molecule has 3 atom stereocenters. The summed E-state index contributed by atoms with van der Waals surface area (Å²) in [6.45, 7) is -0.684. The van der Waals surface area contributed by atoms with Gasteiger partial charge in [0.25, 0.3) is 0 Å². The molecule has 0 fully saturated rings. The van der Waals surface area contributed by atoms with Crippen LogP contribution in [0.3, 0.4) is 0 Å². The van der Waals surface area contributed by atoms with Gasteiger partial charge in [0, 0.05) is 6.42 Å². The van der Waals surface area contributed by atoms with Crippen molar-refractivity contribution < 1.29 is 33.9 Å². The molecule has 0 spiro atoms. The molecule has 0 saturated carbocycles. The first-order valence-electron chi connectivity index (χ1n) is 8.89. The van der Waals surface area contributed by atoms with Gasteiger partial charge in [-0.1, -0.05) is 0 Å². The van der Waals surface area contributed by atoms with Crippen LogP contribution in [0.25, 0.3) is 0 Å². The number of carbonyl (C=O) groups is 6. The van der Waals surface area contributed by atoms with E-state index in [1.54, 1.807) is 6.26 Å². The van der Waals surface area contributed by atoms with E-state index < -0.39 is 66.6 Å². The summed E-state index contributed by atoms with van der Waals surface area (Å²) < 4.78 is 0. The Morgan fingerprint density at radius 1 is 0.900 bits per heavy atom. The molecule has 13 nitrogen and oxygen atoms in total. The van der Waals surface area contributed by atoms with Crippen LogP contribution in [0.15, 0.2) is 0 Å². The molecule has 0 aromatic rings. The zero-order chi connectivity index (χ0) is 23.3. The molecule has 0 aliphatic rings. The summed E-state index contributed by atoms with van der Waals surface area (Å²) in [5, 5.41) is 15.6. The predicted octanol–water partition coefficient (Wildman–Crippen LogP) is -3.62. The quantitative estimate of drug-likeness (QED) is 0.131. The number of nitrogens with two attached hydrogens (primary N) is 3. The molecule has 0 aliphatic carbocycles. The van der Waals surface area contributed by atoms with Gasteiger partial charge in [-0.2, -0.15) is 11.8 Å². The second-order valence-electron chi connectivity index (χ2n) is 6.30. The SMILES string of the molecule is CSCCC(NC(=O)C(N)CC(N)=O)C(=O)NC(CCC(N)=O)C(=O)NCC(=O)O. The fourth-order valence-electron chi connectivity index (χ4n) is 2.21. The zero-order valence-electron chi connectivity index (χ0n) is 16.5. The minimum atomic E-state index is -1.29. The number of thioether (sulfide) groups is 1. The number of carboxylic acid groups (broad SMARTS) is 1. The number of nitrogens with one attached hydrogen (secondary N) is 3. The fraction of sp³-hybridized carbons (Fsp3) is 0.625. The molecule has 5 amide bonds.